The van der Waals surface area contributed by atoms with Crippen molar-refractivity contribution in [3.63, 3.8) is 0 Å². The molecular formula is C23H22N2O4. The summed E-state index contributed by atoms with van der Waals surface area (Å²) in [5, 5.41) is 13.1. The summed E-state index contributed by atoms with van der Waals surface area (Å²) in [6, 6.07) is 17.6. The van der Waals surface area contributed by atoms with E-state index >= 15 is 0 Å². The summed E-state index contributed by atoms with van der Waals surface area (Å²) in [6.45, 7) is 2.49. The number of aromatic hydroxyl groups is 1. The summed E-state index contributed by atoms with van der Waals surface area (Å²) in [7, 11) is 0. The van der Waals surface area contributed by atoms with Crippen LogP contribution in [0.25, 0.3) is 0 Å². The summed E-state index contributed by atoms with van der Waals surface area (Å²) < 4.78 is 5.12. The van der Waals surface area contributed by atoms with Crippen LogP contribution in [0.3, 0.4) is 0 Å². The first-order valence-electron chi connectivity index (χ1n) is 9.37. The van der Waals surface area contributed by atoms with Crippen LogP contribution < -0.4 is 5.32 Å². The molecule has 0 aliphatic carbocycles. The lowest BCUT2D eigenvalue weighted by Gasteiger charge is -2.12. The van der Waals surface area contributed by atoms with Crippen molar-refractivity contribution in [1.29, 1.82) is 0 Å². The molecule has 0 aliphatic heterocycles. The number of phenols is 1. The minimum Gasteiger partial charge on any atom is -0.507 e. The number of esters is 1. The first-order valence-corrected chi connectivity index (χ1v) is 9.37. The van der Waals surface area contributed by atoms with Crippen molar-refractivity contribution in [2.75, 3.05) is 18.5 Å². The van der Waals surface area contributed by atoms with E-state index in [2.05, 4.69) is 10.3 Å². The van der Waals surface area contributed by atoms with Gasteiger partial charge in [0.25, 0.3) is 0 Å². The third kappa shape index (κ3) is 4.99. The number of benzene rings is 2. The predicted molar refractivity (Wildman–Crippen MR) is 110 cm³/mol. The maximum absolute atomic E-state index is 12.7. The molecule has 0 saturated carbocycles. The molecule has 1 heterocycles. The largest absolute Gasteiger partial charge is 0.507 e. The molecule has 0 amide bonds. The second-order valence-electron chi connectivity index (χ2n) is 6.35. The van der Waals surface area contributed by atoms with E-state index in [9.17, 15) is 14.7 Å². The SMILES string of the molecule is CCOC(=O)c1cc(C(=O)c2ccccc2O)cnc1NCCc1ccccc1. The van der Waals surface area contributed by atoms with Crippen LogP contribution >= 0.6 is 0 Å². The van der Waals surface area contributed by atoms with Crippen molar-refractivity contribution in [1.82, 2.24) is 4.98 Å². The maximum atomic E-state index is 12.7. The Hall–Kier alpha value is -3.67. The number of carbonyl (C=O) groups is 2. The number of ether oxygens (including phenoxy) is 1. The van der Waals surface area contributed by atoms with Gasteiger partial charge in [-0.05, 0) is 37.1 Å². The van der Waals surface area contributed by atoms with Crippen LogP contribution in [-0.2, 0) is 11.2 Å². The average Bonchev–Trinajstić information content (AvgIpc) is 2.75. The van der Waals surface area contributed by atoms with Gasteiger partial charge in [-0.1, -0.05) is 42.5 Å². The number of aromatic nitrogens is 1. The average molecular weight is 390 g/mol. The fourth-order valence-corrected chi connectivity index (χ4v) is 2.89. The number of pyridine rings is 1. The van der Waals surface area contributed by atoms with Crippen LogP contribution in [0.15, 0.2) is 66.9 Å². The molecule has 6 heteroatoms. The van der Waals surface area contributed by atoms with Crippen LogP contribution in [0, 0.1) is 0 Å². The van der Waals surface area contributed by atoms with E-state index in [0.717, 1.165) is 12.0 Å². The van der Waals surface area contributed by atoms with Crippen molar-refractivity contribution < 1.29 is 19.4 Å². The predicted octanol–water partition coefficient (Wildman–Crippen LogP) is 3.85. The lowest BCUT2D eigenvalue weighted by Crippen LogP contribution is -2.15. The molecule has 1 aromatic heterocycles. The number of nitrogens with one attached hydrogen (secondary N) is 1. The van der Waals surface area contributed by atoms with Crippen molar-refractivity contribution in [2.24, 2.45) is 0 Å². The molecule has 0 unspecified atom stereocenters. The zero-order valence-corrected chi connectivity index (χ0v) is 16.1. The van der Waals surface area contributed by atoms with Crippen LogP contribution in [0.2, 0.25) is 0 Å². The van der Waals surface area contributed by atoms with Gasteiger partial charge in [-0.3, -0.25) is 4.79 Å². The van der Waals surface area contributed by atoms with E-state index in [1.165, 1.54) is 24.4 Å². The number of phenolic OH excluding ortho intramolecular Hbond substituents is 1. The Kier molecular flexibility index (Phi) is 6.58. The first-order chi connectivity index (χ1) is 14.1. The van der Waals surface area contributed by atoms with Gasteiger partial charge in [-0.2, -0.15) is 0 Å². The van der Waals surface area contributed by atoms with Gasteiger partial charge in [0.1, 0.15) is 17.1 Å². The second kappa shape index (κ2) is 9.50. The van der Waals surface area contributed by atoms with E-state index < -0.39 is 11.8 Å². The second-order valence-corrected chi connectivity index (χ2v) is 6.35. The maximum Gasteiger partial charge on any atom is 0.341 e. The monoisotopic (exact) mass is 390 g/mol. The summed E-state index contributed by atoms with van der Waals surface area (Å²) in [6.07, 6.45) is 2.14. The molecule has 0 aliphatic rings. The molecule has 0 fully saturated rings. The van der Waals surface area contributed by atoms with E-state index in [4.69, 9.17) is 4.74 Å². The van der Waals surface area contributed by atoms with Gasteiger partial charge in [0.2, 0.25) is 0 Å². The quantitative estimate of drug-likeness (QED) is 0.449. The fraction of sp³-hybridized carbons (Fsp3) is 0.174. The minimum atomic E-state index is -0.561. The summed E-state index contributed by atoms with van der Waals surface area (Å²) >= 11 is 0. The smallest absolute Gasteiger partial charge is 0.341 e. The molecule has 2 N–H and O–H groups in total. The van der Waals surface area contributed by atoms with Crippen molar-refractivity contribution in [3.8, 4) is 5.75 Å². The Bertz CT molecular complexity index is 1000. The molecule has 3 aromatic rings. The van der Waals surface area contributed by atoms with E-state index in [1.807, 2.05) is 30.3 Å². The molecule has 3 rings (SSSR count). The van der Waals surface area contributed by atoms with Crippen LogP contribution in [-0.4, -0.2) is 35.0 Å². The van der Waals surface area contributed by atoms with Gasteiger partial charge in [-0.15, -0.1) is 0 Å². The molecule has 2 aromatic carbocycles. The molecule has 148 valence electrons. The number of rotatable bonds is 8. The standard InChI is InChI=1S/C23H22N2O4/c1-2-29-23(28)19-14-17(21(27)18-10-6-7-11-20(18)26)15-25-22(19)24-13-12-16-8-4-3-5-9-16/h3-11,14-15,26H,2,12-13H2,1H3,(H,24,25). The third-order valence-electron chi connectivity index (χ3n) is 4.34. The lowest BCUT2D eigenvalue weighted by molar-refractivity contribution is 0.0527. The normalized spacial score (nSPS) is 10.4. The van der Waals surface area contributed by atoms with Crippen molar-refractivity contribution in [2.45, 2.75) is 13.3 Å². The first kappa shape index (κ1) is 20.1. The Morgan fingerprint density at radius 2 is 1.76 bits per heavy atom. The summed E-state index contributed by atoms with van der Waals surface area (Å²) in [5.41, 5.74) is 1.68. The highest BCUT2D eigenvalue weighted by Gasteiger charge is 2.20. The topological polar surface area (TPSA) is 88.5 Å². The van der Waals surface area contributed by atoms with Gasteiger partial charge < -0.3 is 15.2 Å². The van der Waals surface area contributed by atoms with Gasteiger partial charge in [0.05, 0.1) is 12.2 Å². The van der Waals surface area contributed by atoms with Gasteiger partial charge >= 0.3 is 5.97 Å². The van der Waals surface area contributed by atoms with Crippen LogP contribution in [0.4, 0.5) is 5.82 Å². The Morgan fingerprint density at radius 1 is 1.03 bits per heavy atom. The van der Waals surface area contributed by atoms with Crippen LogP contribution in [0.1, 0.15) is 38.8 Å². The van der Waals surface area contributed by atoms with E-state index in [0.29, 0.717) is 12.4 Å². The lowest BCUT2D eigenvalue weighted by atomic mass is 10.0. The Morgan fingerprint density at radius 3 is 2.48 bits per heavy atom. The fourth-order valence-electron chi connectivity index (χ4n) is 2.89. The molecule has 29 heavy (non-hydrogen) atoms. The Balaban J connectivity index is 1.84. The summed E-state index contributed by atoms with van der Waals surface area (Å²) in [4.78, 5) is 29.4. The van der Waals surface area contributed by atoms with Gasteiger partial charge in [0, 0.05) is 18.3 Å². The number of para-hydroxylation sites is 1. The molecule has 0 bridgehead atoms. The molecule has 0 spiro atoms. The summed E-state index contributed by atoms with van der Waals surface area (Å²) in [5.74, 6) is -0.750. The minimum absolute atomic E-state index is 0.125. The molecule has 0 atom stereocenters. The van der Waals surface area contributed by atoms with Crippen molar-refractivity contribution in [3.05, 3.63) is 89.1 Å². The van der Waals surface area contributed by atoms with Crippen molar-refractivity contribution >= 4 is 17.6 Å². The Labute approximate surface area is 169 Å². The zero-order chi connectivity index (χ0) is 20.6. The molecule has 0 saturated heterocycles. The highest BCUT2D eigenvalue weighted by atomic mass is 16.5. The molecule has 6 nitrogen and oxygen atoms in total. The molecule has 0 radical (unpaired) electrons. The highest BCUT2D eigenvalue weighted by molar-refractivity contribution is 6.11. The number of nitrogens with zero attached hydrogens (tertiary/aromatic N) is 1. The van der Waals surface area contributed by atoms with E-state index in [-0.39, 0.29) is 29.0 Å². The van der Waals surface area contributed by atoms with Gasteiger partial charge in [-0.25, -0.2) is 9.78 Å². The molecular weight excluding hydrogens is 368 g/mol. The zero-order valence-electron chi connectivity index (χ0n) is 16.1. The number of hydrogen-bond donors (Lipinski definition) is 2. The highest BCUT2D eigenvalue weighted by Crippen LogP contribution is 2.22. The number of carbonyl (C=O) groups excluding carboxylic acids is 2. The third-order valence-corrected chi connectivity index (χ3v) is 4.34. The number of ketones is 1. The van der Waals surface area contributed by atoms with Crippen LogP contribution in [0.5, 0.6) is 5.75 Å². The number of anilines is 1. The number of hydrogen-bond acceptors (Lipinski definition) is 6. The van der Waals surface area contributed by atoms with Gasteiger partial charge in [0.15, 0.2) is 5.78 Å². The van der Waals surface area contributed by atoms with E-state index in [1.54, 1.807) is 19.1 Å².